The topological polar surface area (TPSA) is 57.5 Å². The molecule has 1 aromatic rings. The number of carboxylic acid groups (broad SMARTS) is 1. The summed E-state index contributed by atoms with van der Waals surface area (Å²) in [5.41, 5.74) is 0.331. The standard InChI is InChI=1S/C7H6O2.C2H6.CH4O/c8-7(9)6-4-2-1-3-5-6;2*1-2/h1-5H,(H,8,9);1-2H3;2H,1H3. The first kappa shape index (κ1) is 14.2. The molecule has 0 aliphatic rings. The summed E-state index contributed by atoms with van der Waals surface area (Å²) < 4.78 is 0. The fraction of sp³-hybridized carbons (Fsp3) is 0.300. The van der Waals surface area contributed by atoms with Gasteiger partial charge in [-0.15, -0.1) is 0 Å². The van der Waals surface area contributed by atoms with Crippen molar-refractivity contribution in [2.45, 2.75) is 13.8 Å². The van der Waals surface area contributed by atoms with Gasteiger partial charge in [-0.1, -0.05) is 32.0 Å². The van der Waals surface area contributed by atoms with E-state index in [-0.39, 0.29) is 0 Å². The molecule has 0 aromatic heterocycles. The molecule has 0 heterocycles. The molecule has 3 nitrogen and oxygen atoms in total. The minimum atomic E-state index is -0.879. The van der Waals surface area contributed by atoms with Crippen LogP contribution in [0.15, 0.2) is 30.3 Å². The van der Waals surface area contributed by atoms with Crippen molar-refractivity contribution in [1.82, 2.24) is 0 Å². The van der Waals surface area contributed by atoms with Crippen molar-refractivity contribution in [3.63, 3.8) is 0 Å². The molecule has 0 aliphatic heterocycles. The van der Waals surface area contributed by atoms with Gasteiger partial charge in [0.05, 0.1) is 5.56 Å². The molecule has 1 rings (SSSR count). The van der Waals surface area contributed by atoms with Gasteiger partial charge >= 0.3 is 5.97 Å². The summed E-state index contributed by atoms with van der Waals surface area (Å²) >= 11 is 0. The Balaban J connectivity index is 0. The van der Waals surface area contributed by atoms with Crippen LogP contribution in [-0.2, 0) is 0 Å². The smallest absolute Gasteiger partial charge is 0.335 e. The lowest BCUT2D eigenvalue weighted by Gasteiger charge is -1.88. The maximum absolute atomic E-state index is 10.2. The predicted octanol–water partition coefficient (Wildman–Crippen LogP) is 2.02. The molecule has 13 heavy (non-hydrogen) atoms. The van der Waals surface area contributed by atoms with Crippen molar-refractivity contribution in [3.8, 4) is 0 Å². The van der Waals surface area contributed by atoms with Crippen LogP contribution in [0.25, 0.3) is 0 Å². The lowest BCUT2D eigenvalue weighted by atomic mass is 10.2. The molecular formula is C10H16O3. The molecule has 0 spiro atoms. The number of benzene rings is 1. The van der Waals surface area contributed by atoms with E-state index in [2.05, 4.69) is 0 Å². The summed E-state index contributed by atoms with van der Waals surface area (Å²) in [5.74, 6) is -0.879. The van der Waals surface area contributed by atoms with Crippen LogP contribution >= 0.6 is 0 Å². The van der Waals surface area contributed by atoms with E-state index < -0.39 is 5.97 Å². The van der Waals surface area contributed by atoms with Gasteiger partial charge in [-0.05, 0) is 12.1 Å². The molecule has 0 bridgehead atoms. The van der Waals surface area contributed by atoms with Crippen LogP contribution in [0.2, 0.25) is 0 Å². The van der Waals surface area contributed by atoms with Gasteiger partial charge in [0, 0.05) is 7.11 Å². The molecular weight excluding hydrogens is 168 g/mol. The minimum Gasteiger partial charge on any atom is -0.478 e. The van der Waals surface area contributed by atoms with Crippen molar-refractivity contribution < 1.29 is 15.0 Å². The molecule has 0 aliphatic carbocycles. The van der Waals surface area contributed by atoms with Crippen molar-refractivity contribution >= 4 is 5.97 Å². The summed E-state index contributed by atoms with van der Waals surface area (Å²) in [6.07, 6.45) is 0. The maximum Gasteiger partial charge on any atom is 0.335 e. The minimum absolute atomic E-state index is 0.331. The quantitative estimate of drug-likeness (QED) is 0.702. The summed E-state index contributed by atoms with van der Waals surface area (Å²) in [7, 11) is 1.00. The summed E-state index contributed by atoms with van der Waals surface area (Å²) in [4.78, 5) is 10.2. The number of rotatable bonds is 1. The first-order valence-electron chi connectivity index (χ1n) is 4.04. The van der Waals surface area contributed by atoms with Gasteiger partial charge in [0.1, 0.15) is 0 Å². The monoisotopic (exact) mass is 184 g/mol. The molecule has 0 radical (unpaired) electrons. The van der Waals surface area contributed by atoms with Crippen LogP contribution in [0.5, 0.6) is 0 Å². The Hall–Kier alpha value is -1.35. The highest BCUT2D eigenvalue weighted by atomic mass is 16.4. The number of hydrogen-bond donors (Lipinski definition) is 2. The lowest BCUT2D eigenvalue weighted by molar-refractivity contribution is 0.0697. The number of carboxylic acids is 1. The van der Waals surface area contributed by atoms with Gasteiger partial charge in [-0.2, -0.15) is 0 Å². The third-order valence-corrected chi connectivity index (χ3v) is 1.02. The van der Waals surface area contributed by atoms with E-state index >= 15 is 0 Å². The lowest BCUT2D eigenvalue weighted by Crippen LogP contribution is -1.93. The van der Waals surface area contributed by atoms with Crippen molar-refractivity contribution in [2.75, 3.05) is 7.11 Å². The van der Waals surface area contributed by atoms with Crippen molar-refractivity contribution in [1.29, 1.82) is 0 Å². The van der Waals surface area contributed by atoms with Crippen molar-refractivity contribution in [3.05, 3.63) is 35.9 Å². The fourth-order valence-electron chi connectivity index (χ4n) is 0.581. The molecule has 0 saturated carbocycles. The first-order valence-corrected chi connectivity index (χ1v) is 4.04. The molecule has 0 fully saturated rings. The van der Waals surface area contributed by atoms with E-state index in [4.69, 9.17) is 10.2 Å². The number of hydrogen-bond acceptors (Lipinski definition) is 2. The van der Waals surface area contributed by atoms with Crippen molar-refractivity contribution in [2.24, 2.45) is 0 Å². The normalized spacial score (nSPS) is 7.08. The van der Waals surface area contributed by atoms with Gasteiger partial charge < -0.3 is 10.2 Å². The number of aliphatic hydroxyl groups excluding tert-OH is 1. The second-order valence-corrected chi connectivity index (χ2v) is 1.67. The molecule has 74 valence electrons. The molecule has 1 aromatic carbocycles. The van der Waals surface area contributed by atoms with E-state index in [0.29, 0.717) is 5.56 Å². The molecule has 0 amide bonds. The van der Waals surface area contributed by atoms with Gasteiger partial charge in [-0.25, -0.2) is 4.79 Å². The zero-order valence-electron chi connectivity index (χ0n) is 8.19. The predicted molar refractivity (Wildman–Crippen MR) is 52.9 cm³/mol. The third kappa shape index (κ3) is 7.03. The number of aromatic carboxylic acids is 1. The van der Waals surface area contributed by atoms with E-state index in [1.807, 2.05) is 13.8 Å². The highest BCUT2D eigenvalue weighted by Gasteiger charge is 1.96. The van der Waals surface area contributed by atoms with E-state index in [1.165, 1.54) is 0 Å². The Morgan fingerprint density at radius 2 is 1.46 bits per heavy atom. The largest absolute Gasteiger partial charge is 0.478 e. The van der Waals surface area contributed by atoms with Crippen LogP contribution in [0.4, 0.5) is 0 Å². The van der Waals surface area contributed by atoms with Crippen LogP contribution in [-0.4, -0.2) is 23.3 Å². The second-order valence-electron chi connectivity index (χ2n) is 1.67. The summed E-state index contributed by atoms with van der Waals surface area (Å²) in [6.45, 7) is 4.00. The first-order chi connectivity index (χ1) is 6.30. The van der Waals surface area contributed by atoms with E-state index in [1.54, 1.807) is 30.3 Å². The van der Waals surface area contributed by atoms with Gasteiger partial charge in [0.15, 0.2) is 0 Å². The number of carbonyl (C=O) groups is 1. The Bertz CT molecular complexity index is 207. The van der Waals surface area contributed by atoms with E-state index in [9.17, 15) is 4.79 Å². The SMILES string of the molecule is CC.CO.O=C(O)c1ccccc1. The van der Waals surface area contributed by atoms with Crippen LogP contribution in [0.1, 0.15) is 24.2 Å². The van der Waals surface area contributed by atoms with Crippen LogP contribution in [0, 0.1) is 0 Å². The second kappa shape index (κ2) is 10.7. The average Bonchev–Trinajstić information content (AvgIpc) is 2.25. The average molecular weight is 184 g/mol. The summed E-state index contributed by atoms with van der Waals surface area (Å²) in [6, 6.07) is 8.30. The molecule has 0 atom stereocenters. The fourth-order valence-corrected chi connectivity index (χ4v) is 0.581. The van der Waals surface area contributed by atoms with E-state index in [0.717, 1.165) is 7.11 Å². The zero-order chi connectivity index (χ0) is 10.7. The Morgan fingerprint density at radius 1 is 1.08 bits per heavy atom. The van der Waals surface area contributed by atoms with Gasteiger partial charge in [0.25, 0.3) is 0 Å². The third-order valence-electron chi connectivity index (χ3n) is 1.02. The zero-order valence-corrected chi connectivity index (χ0v) is 8.19. The molecule has 0 unspecified atom stereocenters. The molecule has 2 N–H and O–H groups in total. The summed E-state index contributed by atoms with van der Waals surface area (Å²) in [5, 5.41) is 15.4. The Morgan fingerprint density at radius 3 is 1.69 bits per heavy atom. The Kier molecular flexibility index (Phi) is 11.6. The van der Waals surface area contributed by atoms with Crippen LogP contribution in [0.3, 0.4) is 0 Å². The maximum atomic E-state index is 10.2. The molecule has 0 saturated heterocycles. The Labute approximate surface area is 78.7 Å². The van der Waals surface area contributed by atoms with Gasteiger partial charge in [0.2, 0.25) is 0 Å². The van der Waals surface area contributed by atoms with Crippen LogP contribution < -0.4 is 0 Å². The highest BCUT2D eigenvalue weighted by Crippen LogP contribution is 1.96. The van der Waals surface area contributed by atoms with Gasteiger partial charge in [-0.3, -0.25) is 0 Å². The highest BCUT2D eigenvalue weighted by molar-refractivity contribution is 5.87. The molecule has 3 heteroatoms. The number of aliphatic hydroxyl groups is 1.